The number of halogens is 1. The predicted octanol–water partition coefficient (Wildman–Crippen LogP) is 22.2. The molecule has 0 saturated heterocycles. The minimum atomic E-state index is -0.660. The standard InChI is InChI=1S/C98H57FN16/c99-80-51-60(58-100)41-46-74(80)73-56-85(114-81-52-69(95-106-87(61-25-9-1-10-26-61)102-88(107-95)62-27-11-2-12-28-62)42-47-75(81)76-48-43-70(53-82(76)114)96-108-89(63-29-13-3-14-30-63)103-90(109-96)64-31-15-4-16-32-64)79(59-101)86(57-73)115-83-54-71(97-110-91(65-33-17-5-18-34-65)104-92(111-97)66-35-19-6-20-36-66)44-49-77(83)78-50-45-72(55-84(78)115)98-112-93(67-37-21-7-22-38-67)105-94(113-98)68-39-23-8-24-40-68/h1-57H. The summed E-state index contributed by atoms with van der Waals surface area (Å²) in [7, 11) is 0. The third kappa shape index (κ3) is 12.7. The van der Waals surface area contributed by atoms with Gasteiger partial charge in [0.15, 0.2) is 69.9 Å². The Bertz CT molecular complexity index is 6290. The first kappa shape index (κ1) is 67.9. The molecule has 0 amide bonds. The summed E-state index contributed by atoms with van der Waals surface area (Å²) >= 11 is 0. The summed E-state index contributed by atoms with van der Waals surface area (Å²) < 4.78 is 21.9. The number of nitrogens with zero attached hydrogens (tertiary/aromatic N) is 16. The molecule has 115 heavy (non-hydrogen) atoms. The highest BCUT2D eigenvalue weighted by Crippen LogP contribution is 2.45. The number of fused-ring (bicyclic) bond motifs is 6. The minimum absolute atomic E-state index is 0.127. The molecule has 0 saturated carbocycles. The third-order valence-electron chi connectivity index (χ3n) is 20.5. The van der Waals surface area contributed by atoms with Gasteiger partial charge in [-0.05, 0) is 54.1 Å². The van der Waals surface area contributed by atoms with E-state index in [0.717, 1.165) is 66.1 Å². The van der Waals surface area contributed by atoms with Crippen molar-refractivity contribution in [1.82, 2.24) is 68.9 Å². The highest BCUT2D eigenvalue weighted by molar-refractivity contribution is 6.13. The van der Waals surface area contributed by atoms with Crippen LogP contribution in [-0.2, 0) is 0 Å². The molecule has 0 aliphatic heterocycles. The highest BCUT2D eigenvalue weighted by atomic mass is 19.1. The molecule has 0 atom stereocenters. The van der Waals surface area contributed by atoms with Crippen LogP contribution in [0.3, 0.4) is 0 Å². The largest absolute Gasteiger partial charge is 0.308 e. The lowest BCUT2D eigenvalue weighted by atomic mass is 9.98. The Labute approximate surface area is 657 Å². The second-order valence-electron chi connectivity index (χ2n) is 27.6. The van der Waals surface area contributed by atoms with Crippen molar-refractivity contribution in [2.45, 2.75) is 0 Å². The summed E-state index contributed by atoms with van der Waals surface area (Å²) in [5.74, 6) is 4.64. The lowest BCUT2D eigenvalue weighted by Gasteiger charge is -2.19. The van der Waals surface area contributed by atoms with E-state index in [4.69, 9.17) is 59.8 Å². The van der Waals surface area contributed by atoms with Crippen LogP contribution in [0.15, 0.2) is 346 Å². The van der Waals surface area contributed by atoms with E-state index in [1.807, 2.05) is 303 Å². The van der Waals surface area contributed by atoms with E-state index in [9.17, 15) is 10.5 Å². The zero-order valence-corrected chi connectivity index (χ0v) is 60.9. The van der Waals surface area contributed by atoms with Gasteiger partial charge in [-0.15, -0.1) is 0 Å². The van der Waals surface area contributed by atoms with Crippen LogP contribution in [-0.4, -0.2) is 68.9 Å². The Kier molecular flexibility index (Phi) is 17.1. The highest BCUT2D eigenvalue weighted by Gasteiger charge is 2.28. The molecule has 0 fully saturated rings. The molecule has 0 unspecified atom stereocenters. The van der Waals surface area contributed by atoms with Crippen molar-refractivity contribution in [3.05, 3.63) is 363 Å². The molecule has 20 rings (SSSR count). The van der Waals surface area contributed by atoms with E-state index in [1.54, 1.807) is 12.1 Å². The van der Waals surface area contributed by atoms with Gasteiger partial charge in [0.2, 0.25) is 0 Å². The van der Waals surface area contributed by atoms with Crippen LogP contribution < -0.4 is 0 Å². The van der Waals surface area contributed by atoms with E-state index in [-0.39, 0.29) is 16.7 Å². The van der Waals surface area contributed by atoms with Gasteiger partial charge in [0.05, 0.1) is 45.1 Å². The van der Waals surface area contributed by atoms with E-state index in [2.05, 4.69) is 45.5 Å². The summed E-state index contributed by atoms with van der Waals surface area (Å²) in [6.07, 6.45) is 0. The molecule has 0 bridgehead atoms. The van der Waals surface area contributed by atoms with Gasteiger partial charge in [-0.25, -0.2) is 64.2 Å². The van der Waals surface area contributed by atoms with Crippen LogP contribution in [0.1, 0.15) is 11.1 Å². The third-order valence-corrected chi connectivity index (χ3v) is 20.5. The van der Waals surface area contributed by atoms with Crippen molar-refractivity contribution < 1.29 is 4.39 Å². The number of hydrogen-bond donors (Lipinski definition) is 0. The van der Waals surface area contributed by atoms with Crippen LogP contribution in [0.5, 0.6) is 0 Å². The summed E-state index contributed by atoms with van der Waals surface area (Å²) in [6, 6.07) is 116. The smallest absolute Gasteiger partial charge is 0.164 e. The topological polar surface area (TPSA) is 212 Å². The second kappa shape index (κ2) is 28.9. The lowest BCUT2D eigenvalue weighted by Crippen LogP contribution is -2.06. The van der Waals surface area contributed by atoms with Gasteiger partial charge in [-0.3, -0.25) is 0 Å². The first-order chi connectivity index (χ1) is 56.8. The van der Waals surface area contributed by atoms with Gasteiger partial charge in [0.1, 0.15) is 17.4 Å². The average Bonchev–Trinajstić information content (AvgIpc) is 1.57. The molecule has 536 valence electrons. The Morgan fingerprint density at radius 1 is 0.209 bits per heavy atom. The van der Waals surface area contributed by atoms with Gasteiger partial charge in [-0.2, -0.15) is 10.5 Å². The van der Waals surface area contributed by atoms with Crippen LogP contribution in [0.4, 0.5) is 4.39 Å². The number of hydrogen-bond acceptors (Lipinski definition) is 14. The molecule has 0 aliphatic rings. The van der Waals surface area contributed by atoms with Crippen molar-refractivity contribution in [2.75, 3.05) is 0 Å². The molecular weight excluding hydrogens is 1420 g/mol. The normalized spacial score (nSPS) is 11.3. The van der Waals surface area contributed by atoms with Gasteiger partial charge in [-0.1, -0.05) is 297 Å². The molecule has 16 nitrogen and oxygen atoms in total. The summed E-state index contributed by atoms with van der Waals surface area (Å²) in [5, 5.41) is 26.3. The molecule has 6 heterocycles. The number of rotatable bonds is 15. The fourth-order valence-electron chi connectivity index (χ4n) is 14.9. The SMILES string of the molecule is N#Cc1ccc(-c2cc(-n3c4cc(-c5nc(-c6ccccc6)nc(-c6ccccc6)n5)ccc4c4ccc(-c5nc(-c6ccccc6)nc(-c6ccccc6)n5)cc43)c(C#N)c(-n3c4cc(-c5nc(-c6ccccc6)nc(-c6ccccc6)n5)ccc4c4ccc(-c5nc(-c6ccccc6)nc(-c6ccccc6)n5)cc43)c2)c(F)c1. The van der Waals surface area contributed by atoms with Crippen LogP contribution in [0, 0.1) is 28.5 Å². The lowest BCUT2D eigenvalue weighted by molar-refractivity contribution is 0.631. The Hall–Kier alpha value is -16.4. The van der Waals surface area contributed by atoms with Crippen molar-refractivity contribution in [3.8, 4) is 171 Å². The van der Waals surface area contributed by atoms with Gasteiger partial charge in [0.25, 0.3) is 0 Å². The second-order valence-corrected chi connectivity index (χ2v) is 27.6. The van der Waals surface area contributed by atoms with E-state index >= 15 is 4.39 Å². The van der Waals surface area contributed by atoms with E-state index in [1.165, 1.54) is 6.07 Å². The van der Waals surface area contributed by atoms with Crippen molar-refractivity contribution >= 4 is 43.6 Å². The van der Waals surface area contributed by atoms with Crippen LogP contribution >= 0.6 is 0 Å². The number of benzene rings is 14. The number of nitriles is 2. The molecule has 17 heteroatoms. The molecule has 20 aromatic rings. The molecule has 14 aromatic carbocycles. The average molecular weight is 1480 g/mol. The van der Waals surface area contributed by atoms with E-state index < -0.39 is 5.82 Å². The monoisotopic (exact) mass is 1480 g/mol. The predicted molar refractivity (Wildman–Crippen MR) is 449 cm³/mol. The van der Waals surface area contributed by atoms with Crippen LogP contribution in [0.2, 0.25) is 0 Å². The quantitative estimate of drug-likeness (QED) is 0.0934. The molecule has 6 aromatic heterocycles. The van der Waals surface area contributed by atoms with Gasteiger partial charge < -0.3 is 9.13 Å². The van der Waals surface area contributed by atoms with E-state index in [0.29, 0.717) is 131 Å². The first-order valence-electron chi connectivity index (χ1n) is 37.2. The van der Waals surface area contributed by atoms with Gasteiger partial charge >= 0.3 is 0 Å². The fraction of sp³-hybridized carbons (Fsp3) is 0. The summed E-state index contributed by atoms with van der Waals surface area (Å²) in [5.41, 5.74) is 13.0. The molecular formula is C98H57FN16. The molecule has 0 spiro atoms. The summed E-state index contributed by atoms with van der Waals surface area (Å²) in [6.45, 7) is 0. The Balaban J connectivity index is 0.901. The number of aromatic nitrogens is 14. The fourth-order valence-corrected chi connectivity index (χ4v) is 14.9. The zero-order valence-electron chi connectivity index (χ0n) is 60.9. The van der Waals surface area contributed by atoms with Gasteiger partial charge in [0, 0.05) is 93.9 Å². The Morgan fingerprint density at radius 2 is 0.426 bits per heavy atom. The summed E-state index contributed by atoms with van der Waals surface area (Å²) in [4.78, 5) is 62.2. The first-order valence-corrected chi connectivity index (χ1v) is 37.2. The molecule has 0 aliphatic carbocycles. The maximum Gasteiger partial charge on any atom is 0.164 e. The minimum Gasteiger partial charge on any atom is -0.308 e. The van der Waals surface area contributed by atoms with Crippen molar-refractivity contribution in [3.63, 3.8) is 0 Å². The maximum absolute atomic E-state index is 17.8. The van der Waals surface area contributed by atoms with Crippen molar-refractivity contribution in [1.29, 1.82) is 10.5 Å². The van der Waals surface area contributed by atoms with Crippen molar-refractivity contribution in [2.24, 2.45) is 0 Å². The zero-order chi connectivity index (χ0) is 76.9. The maximum atomic E-state index is 17.8. The van der Waals surface area contributed by atoms with Crippen LogP contribution in [0.25, 0.3) is 203 Å². The Morgan fingerprint density at radius 3 is 0.626 bits per heavy atom. The molecule has 0 N–H and O–H groups in total. The molecule has 0 radical (unpaired) electrons.